The van der Waals surface area contributed by atoms with Crippen molar-refractivity contribution in [3.63, 3.8) is 0 Å². The van der Waals surface area contributed by atoms with Crippen molar-refractivity contribution in [3.05, 3.63) is 53.8 Å². The number of rotatable bonds is 8. The minimum atomic E-state index is -0.563. The number of pyridine rings is 1. The number of amides is 1. The number of aryl methyl sites for hydroxylation is 1. The predicted molar refractivity (Wildman–Crippen MR) is 107 cm³/mol. The third-order valence-corrected chi connectivity index (χ3v) is 4.37. The number of ether oxygens (including phenoxy) is 1. The van der Waals surface area contributed by atoms with Crippen molar-refractivity contribution >= 4 is 22.8 Å². The molecule has 146 valence electrons. The molecule has 0 bridgehead atoms. The number of carbonyl (C=O) groups is 2. The number of benzene rings is 1. The van der Waals surface area contributed by atoms with Crippen LogP contribution in [-0.4, -0.2) is 30.0 Å². The van der Waals surface area contributed by atoms with Crippen LogP contribution in [0.15, 0.2) is 46.9 Å². The molecule has 0 atom stereocenters. The molecule has 0 unspecified atom stereocenters. The number of furan rings is 1. The Bertz CT molecular complexity index is 978. The first-order valence-electron chi connectivity index (χ1n) is 9.49. The molecule has 6 heteroatoms. The van der Waals surface area contributed by atoms with Gasteiger partial charge in [0.1, 0.15) is 11.5 Å². The number of para-hydroxylation sites is 1. The van der Waals surface area contributed by atoms with Gasteiger partial charge in [-0.15, -0.1) is 0 Å². The predicted octanol–water partition coefficient (Wildman–Crippen LogP) is 4.27. The van der Waals surface area contributed by atoms with Crippen molar-refractivity contribution in [1.29, 1.82) is 0 Å². The van der Waals surface area contributed by atoms with Gasteiger partial charge in [-0.25, -0.2) is 9.78 Å². The number of aromatic nitrogens is 1. The summed E-state index contributed by atoms with van der Waals surface area (Å²) >= 11 is 0. The van der Waals surface area contributed by atoms with Crippen LogP contribution in [0.1, 0.15) is 42.3 Å². The van der Waals surface area contributed by atoms with E-state index in [2.05, 4.69) is 17.2 Å². The quantitative estimate of drug-likeness (QED) is 0.466. The van der Waals surface area contributed by atoms with E-state index >= 15 is 0 Å². The number of nitrogens with zero attached hydrogens (tertiary/aromatic N) is 1. The first-order valence-corrected chi connectivity index (χ1v) is 9.49. The summed E-state index contributed by atoms with van der Waals surface area (Å²) in [7, 11) is 0. The average molecular weight is 380 g/mol. The molecule has 0 aliphatic carbocycles. The van der Waals surface area contributed by atoms with Crippen molar-refractivity contribution in [2.75, 3.05) is 13.2 Å². The second kappa shape index (κ2) is 9.17. The molecule has 0 spiro atoms. The molecule has 0 aliphatic heterocycles. The zero-order valence-electron chi connectivity index (χ0n) is 16.2. The van der Waals surface area contributed by atoms with E-state index in [1.807, 2.05) is 37.3 Å². The standard InChI is InChI=1S/C22H24N2O4/c1-3-4-7-12-23-21(25)14-27-22(26)17-13-19(20-11-10-15(2)28-20)24-18-9-6-5-8-16(17)18/h5-6,8-11,13H,3-4,7,12,14H2,1-2H3,(H,23,25). The van der Waals surface area contributed by atoms with Crippen LogP contribution in [0.3, 0.4) is 0 Å². The Hall–Kier alpha value is -3.15. The zero-order chi connectivity index (χ0) is 19.9. The summed E-state index contributed by atoms with van der Waals surface area (Å²) in [5.41, 5.74) is 1.56. The fourth-order valence-corrected chi connectivity index (χ4v) is 2.91. The van der Waals surface area contributed by atoms with E-state index in [4.69, 9.17) is 9.15 Å². The van der Waals surface area contributed by atoms with Crippen molar-refractivity contribution < 1.29 is 18.7 Å². The van der Waals surface area contributed by atoms with Crippen molar-refractivity contribution in [1.82, 2.24) is 10.3 Å². The molecular formula is C22H24N2O4. The Morgan fingerprint density at radius 2 is 1.96 bits per heavy atom. The lowest BCUT2D eigenvalue weighted by molar-refractivity contribution is -0.124. The summed E-state index contributed by atoms with van der Waals surface area (Å²) in [6.07, 6.45) is 3.05. The van der Waals surface area contributed by atoms with Gasteiger partial charge in [0.2, 0.25) is 0 Å². The molecule has 0 saturated carbocycles. The fourth-order valence-electron chi connectivity index (χ4n) is 2.91. The highest BCUT2D eigenvalue weighted by atomic mass is 16.5. The number of esters is 1. The average Bonchev–Trinajstić information content (AvgIpc) is 3.15. The van der Waals surface area contributed by atoms with E-state index in [9.17, 15) is 9.59 Å². The number of hydrogen-bond donors (Lipinski definition) is 1. The number of unbranched alkanes of at least 4 members (excludes halogenated alkanes) is 2. The van der Waals surface area contributed by atoms with Crippen molar-refractivity contribution in [3.8, 4) is 11.5 Å². The van der Waals surface area contributed by atoms with Crippen molar-refractivity contribution in [2.45, 2.75) is 33.1 Å². The second-order valence-electron chi connectivity index (χ2n) is 6.62. The van der Waals surface area contributed by atoms with Gasteiger partial charge in [0.25, 0.3) is 5.91 Å². The number of fused-ring (bicyclic) bond motifs is 1. The molecule has 6 nitrogen and oxygen atoms in total. The van der Waals surface area contributed by atoms with Crippen LogP contribution in [0.25, 0.3) is 22.4 Å². The Morgan fingerprint density at radius 1 is 1.14 bits per heavy atom. The van der Waals surface area contributed by atoms with Crippen LogP contribution in [0.4, 0.5) is 0 Å². The highest BCUT2D eigenvalue weighted by Crippen LogP contribution is 2.26. The molecule has 3 rings (SSSR count). The summed E-state index contributed by atoms with van der Waals surface area (Å²) in [6.45, 7) is 4.22. The maximum absolute atomic E-state index is 12.7. The first-order chi connectivity index (χ1) is 13.6. The van der Waals surface area contributed by atoms with Crippen LogP contribution in [0.5, 0.6) is 0 Å². The summed E-state index contributed by atoms with van der Waals surface area (Å²) in [5, 5.41) is 3.43. The van der Waals surface area contributed by atoms with Gasteiger partial charge in [0.05, 0.1) is 11.1 Å². The van der Waals surface area contributed by atoms with E-state index in [1.54, 1.807) is 12.1 Å². The highest BCUT2D eigenvalue weighted by molar-refractivity contribution is 6.05. The van der Waals surface area contributed by atoms with Gasteiger partial charge in [-0.2, -0.15) is 0 Å². The third kappa shape index (κ3) is 4.76. The van der Waals surface area contributed by atoms with Crippen LogP contribution < -0.4 is 5.32 Å². The summed E-state index contributed by atoms with van der Waals surface area (Å²) in [6, 6.07) is 12.6. The molecular weight excluding hydrogens is 356 g/mol. The topological polar surface area (TPSA) is 81.4 Å². The van der Waals surface area contributed by atoms with E-state index in [0.717, 1.165) is 25.0 Å². The molecule has 1 aromatic carbocycles. The molecule has 3 aromatic rings. The van der Waals surface area contributed by atoms with Crippen molar-refractivity contribution in [2.24, 2.45) is 0 Å². The molecule has 1 amide bonds. The monoisotopic (exact) mass is 380 g/mol. The largest absolute Gasteiger partial charge is 0.460 e. The normalized spacial score (nSPS) is 10.8. The Morgan fingerprint density at radius 3 is 2.71 bits per heavy atom. The van der Waals surface area contributed by atoms with Gasteiger partial charge in [-0.05, 0) is 37.6 Å². The van der Waals surface area contributed by atoms with Crippen LogP contribution in [-0.2, 0) is 9.53 Å². The molecule has 28 heavy (non-hydrogen) atoms. The lowest BCUT2D eigenvalue weighted by atomic mass is 10.1. The maximum Gasteiger partial charge on any atom is 0.339 e. The number of hydrogen-bond acceptors (Lipinski definition) is 5. The Balaban J connectivity index is 1.77. The van der Waals surface area contributed by atoms with Gasteiger partial charge in [0.15, 0.2) is 12.4 Å². The Kier molecular flexibility index (Phi) is 6.42. The van der Waals surface area contributed by atoms with Gasteiger partial charge in [-0.1, -0.05) is 38.0 Å². The molecule has 0 radical (unpaired) electrons. The van der Waals surface area contributed by atoms with E-state index in [0.29, 0.717) is 34.5 Å². The molecule has 0 saturated heterocycles. The smallest absolute Gasteiger partial charge is 0.339 e. The van der Waals surface area contributed by atoms with E-state index in [-0.39, 0.29) is 12.5 Å². The second-order valence-corrected chi connectivity index (χ2v) is 6.62. The lowest BCUT2D eigenvalue weighted by Gasteiger charge is -2.09. The molecule has 2 heterocycles. The van der Waals surface area contributed by atoms with Gasteiger partial charge < -0.3 is 14.5 Å². The first kappa shape index (κ1) is 19.6. The van der Waals surface area contributed by atoms with Crippen LogP contribution in [0, 0.1) is 6.92 Å². The summed E-state index contributed by atoms with van der Waals surface area (Å²) in [4.78, 5) is 29.1. The SMILES string of the molecule is CCCCCNC(=O)COC(=O)c1cc(-c2ccc(C)o2)nc2ccccc12. The maximum atomic E-state index is 12.7. The summed E-state index contributed by atoms with van der Waals surface area (Å²) in [5.74, 6) is 0.469. The molecule has 0 aliphatic rings. The molecule has 2 aromatic heterocycles. The van der Waals surface area contributed by atoms with Crippen LogP contribution in [0.2, 0.25) is 0 Å². The molecule has 0 fully saturated rings. The molecule has 1 N–H and O–H groups in total. The number of nitrogens with one attached hydrogen (secondary N) is 1. The van der Waals surface area contributed by atoms with E-state index in [1.165, 1.54) is 0 Å². The van der Waals surface area contributed by atoms with Gasteiger partial charge >= 0.3 is 5.97 Å². The van der Waals surface area contributed by atoms with Gasteiger partial charge in [-0.3, -0.25) is 4.79 Å². The van der Waals surface area contributed by atoms with Gasteiger partial charge in [0, 0.05) is 11.9 Å². The fraction of sp³-hybridized carbons (Fsp3) is 0.318. The van der Waals surface area contributed by atoms with E-state index < -0.39 is 5.97 Å². The highest BCUT2D eigenvalue weighted by Gasteiger charge is 2.17. The lowest BCUT2D eigenvalue weighted by Crippen LogP contribution is -2.29. The zero-order valence-corrected chi connectivity index (χ0v) is 16.2. The Labute approximate surface area is 163 Å². The minimum absolute atomic E-state index is 0.301. The third-order valence-electron chi connectivity index (χ3n) is 4.37. The number of carbonyl (C=O) groups excluding carboxylic acids is 2. The summed E-state index contributed by atoms with van der Waals surface area (Å²) < 4.78 is 10.9. The van der Waals surface area contributed by atoms with Crippen LogP contribution >= 0.6 is 0 Å². The minimum Gasteiger partial charge on any atom is -0.460 e.